The Balaban J connectivity index is 2.53. The molecule has 1 rings (SSSR count). The van der Waals surface area contributed by atoms with Crippen molar-refractivity contribution < 1.29 is 4.79 Å². The molecule has 1 saturated heterocycles. The van der Waals surface area contributed by atoms with Crippen LogP contribution in [0.3, 0.4) is 0 Å². The van der Waals surface area contributed by atoms with Gasteiger partial charge in [-0.05, 0) is 12.8 Å². The lowest BCUT2D eigenvalue weighted by Gasteiger charge is -2.24. The summed E-state index contributed by atoms with van der Waals surface area (Å²) in [5.74, 6) is 0.220. The molecule has 1 amide bonds. The molecule has 0 aromatic rings. The Morgan fingerprint density at radius 2 is 2.50 bits per heavy atom. The molecule has 1 heterocycles. The van der Waals surface area contributed by atoms with Crippen molar-refractivity contribution in [2.45, 2.75) is 38.6 Å². The van der Waals surface area contributed by atoms with E-state index in [1.807, 2.05) is 11.8 Å². The second-order valence-corrected chi connectivity index (χ2v) is 3.11. The first-order valence-corrected chi connectivity index (χ1v) is 4.46. The Bertz CT molecular complexity index is 207. The SMILES string of the molecule is CCC(CC#N)N1CCCC1=O. The summed E-state index contributed by atoms with van der Waals surface area (Å²) in [5, 5.41) is 8.53. The topological polar surface area (TPSA) is 44.1 Å². The maximum atomic E-state index is 11.3. The van der Waals surface area contributed by atoms with Crippen LogP contribution < -0.4 is 0 Å². The van der Waals surface area contributed by atoms with Gasteiger partial charge in [0.05, 0.1) is 12.5 Å². The van der Waals surface area contributed by atoms with E-state index in [9.17, 15) is 4.79 Å². The van der Waals surface area contributed by atoms with Gasteiger partial charge in [0.2, 0.25) is 5.91 Å². The zero-order chi connectivity index (χ0) is 8.97. The average molecular weight is 166 g/mol. The van der Waals surface area contributed by atoms with E-state index in [4.69, 9.17) is 5.26 Å². The molecule has 12 heavy (non-hydrogen) atoms. The van der Waals surface area contributed by atoms with Crippen LogP contribution in [0.1, 0.15) is 32.6 Å². The van der Waals surface area contributed by atoms with Gasteiger partial charge in [-0.3, -0.25) is 4.79 Å². The van der Waals surface area contributed by atoms with Gasteiger partial charge in [-0.25, -0.2) is 0 Å². The number of hydrogen-bond acceptors (Lipinski definition) is 2. The zero-order valence-electron chi connectivity index (χ0n) is 7.42. The summed E-state index contributed by atoms with van der Waals surface area (Å²) in [6.45, 7) is 2.87. The van der Waals surface area contributed by atoms with Crippen molar-refractivity contribution in [1.82, 2.24) is 4.90 Å². The van der Waals surface area contributed by atoms with Gasteiger partial charge < -0.3 is 4.90 Å². The van der Waals surface area contributed by atoms with Crippen LogP contribution in [0, 0.1) is 11.3 Å². The predicted octanol–water partition coefficient (Wildman–Crippen LogP) is 1.30. The molecule has 0 N–H and O–H groups in total. The number of hydrogen-bond donors (Lipinski definition) is 0. The Kier molecular flexibility index (Phi) is 3.09. The van der Waals surface area contributed by atoms with Crippen molar-refractivity contribution in [2.75, 3.05) is 6.54 Å². The van der Waals surface area contributed by atoms with Crippen molar-refractivity contribution in [3.8, 4) is 6.07 Å². The summed E-state index contributed by atoms with van der Waals surface area (Å²) < 4.78 is 0. The molecular formula is C9H14N2O. The van der Waals surface area contributed by atoms with Crippen LogP contribution in [0.4, 0.5) is 0 Å². The minimum absolute atomic E-state index is 0.157. The number of amides is 1. The monoisotopic (exact) mass is 166 g/mol. The number of nitrogens with zero attached hydrogens (tertiary/aromatic N) is 2. The second-order valence-electron chi connectivity index (χ2n) is 3.11. The fraction of sp³-hybridized carbons (Fsp3) is 0.778. The Morgan fingerprint density at radius 1 is 1.75 bits per heavy atom. The molecule has 1 atom stereocenters. The van der Waals surface area contributed by atoms with Gasteiger partial charge in [0, 0.05) is 19.0 Å². The lowest BCUT2D eigenvalue weighted by Crippen LogP contribution is -2.35. The molecule has 1 aliphatic heterocycles. The molecule has 0 aliphatic carbocycles. The van der Waals surface area contributed by atoms with Gasteiger partial charge in [0.15, 0.2) is 0 Å². The van der Waals surface area contributed by atoms with Crippen LogP contribution in [0.5, 0.6) is 0 Å². The van der Waals surface area contributed by atoms with E-state index in [1.54, 1.807) is 0 Å². The lowest BCUT2D eigenvalue weighted by molar-refractivity contribution is -0.129. The molecule has 0 radical (unpaired) electrons. The highest BCUT2D eigenvalue weighted by Gasteiger charge is 2.26. The van der Waals surface area contributed by atoms with Crippen LogP contribution >= 0.6 is 0 Å². The van der Waals surface area contributed by atoms with Gasteiger partial charge in [0.25, 0.3) is 0 Å². The molecule has 1 aliphatic rings. The third-order valence-corrected chi connectivity index (χ3v) is 2.35. The van der Waals surface area contributed by atoms with Crippen molar-refractivity contribution in [2.24, 2.45) is 0 Å². The number of likely N-dealkylation sites (tertiary alicyclic amines) is 1. The highest BCUT2D eigenvalue weighted by molar-refractivity contribution is 5.78. The summed E-state index contributed by atoms with van der Waals surface area (Å²) in [6.07, 6.45) is 2.99. The van der Waals surface area contributed by atoms with Crippen LogP contribution in [0.2, 0.25) is 0 Å². The van der Waals surface area contributed by atoms with Gasteiger partial charge in [0.1, 0.15) is 0 Å². The maximum Gasteiger partial charge on any atom is 0.222 e. The quantitative estimate of drug-likeness (QED) is 0.634. The normalized spacial score (nSPS) is 19.3. The number of carbonyl (C=O) groups excluding carboxylic acids is 1. The summed E-state index contributed by atoms with van der Waals surface area (Å²) in [7, 11) is 0. The van der Waals surface area contributed by atoms with Crippen molar-refractivity contribution in [1.29, 1.82) is 5.26 Å². The Labute approximate surface area is 73.0 Å². The van der Waals surface area contributed by atoms with Crippen molar-refractivity contribution in [3.05, 3.63) is 0 Å². The van der Waals surface area contributed by atoms with Crippen LogP contribution in [0.15, 0.2) is 0 Å². The van der Waals surface area contributed by atoms with Crippen LogP contribution in [-0.2, 0) is 4.79 Å². The predicted molar refractivity (Wildman–Crippen MR) is 45.3 cm³/mol. The summed E-state index contributed by atoms with van der Waals surface area (Å²) >= 11 is 0. The van der Waals surface area contributed by atoms with E-state index in [1.165, 1.54) is 0 Å². The molecule has 3 nitrogen and oxygen atoms in total. The Hall–Kier alpha value is -1.04. The second kappa shape index (κ2) is 4.10. The van der Waals surface area contributed by atoms with E-state index >= 15 is 0 Å². The summed E-state index contributed by atoms with van der Waals surface area (Å²) in [4.78, 5) is 13.1. The van der Waals surface area contributed by atoms with E-state index < -0.39 is 0 Å². The van der Waals surface area contributed by atoms with Gasteiger partial charge in [-0.2, -0.15) is 5.26 Å². The maximum absolute atomic E-state index is 11.3. The highest BCUT2D eigenvalue weighted by atomic mass is 16.2. The highest BCUT2D eigenvalue weighted by Crippen LogP contribution is 2.17. The smallest absolute Gasteiger partial charge is 0.222 e. The molecular weight excluding hydrogens is 152 g/mol. The van der Waals surface area contributed by atoms with Gasteiger partial charge in [-0.1, -0.05) is 6.92 Å². The average Bonchev–Trinajstić information content (AvgIpc) is 2.47. The molecule has 3 heteroatoms. The van der Waals surface area contributed by atoms with E-state index in [0.29, 0.717) is 12.8 Å². The first-order valence-electron chi connectivity index (χ1n) is 4.46. The minimum atomic E-state index is 0.157. The molecule has 66 valence electrons. The minimum Gasteiger partial charge on any atom is -0.339 e. The van der Waals surface area contributed by atoms with Crippen molar-refractivity contribution in [3.63, 3.8) is 0 Å². The lowest BCUT2D eigenvalue weighted by atomic mass is 10.1. The van der Waals surface area contributed by atoms with E-state index in [-0.39, 0.29) is 11.9 Å². The first-order chi connectivity index (χ1) is 5.79. The third kappa shape index (κ3) is 1.76. The molecule has 0 aromatic heterocycles. The molecule has 0 saturated carbocycles. The number of carbonyl (C=O) groups is 1. The molecule has 0 bridgehead atoms. The number of rotatable bonds is 3. The first kappa shape index (κ1) is 9.05. The number of nitriles is 1. The third-order valence-electron chi connectivity index (χ3n) is 2.35. The van der Waals surface area contributed by atoms with E-state index in [0.717, 1.165) is 19.4 Å². The fourth-order valence-electron chi connectivity index (χ4n) is 1.64. The largest absolute Gasteiger partial charge is 0.339 e. The summed E-state index contributed by atoms with van der Waals surface area (Å²) in [6, 6.07) is 2.28. The van der Waals surface area contributed by atoms with Crippen LogP contribution in [0.25, 0.3) is 0 Å². The Morgan fingerprint density at radius 3 is 2.92 bits per heavy atom. The fourth-order valence-corrected chi connectivity index (χ4v) is 1.64. The van der Waals surface area contributed by atoms with E-state index in [2.05, 4.69) is 6.07 Å². The van der Waals surface area contributed by atoms with Crippen LogP contribution in [-0.4, -0.2) is 23.4 Å². The molecule has 1 unspecified atom stereocenters. The molecule has 1 fully saturated rings. The molecule has 0 spiro atoms. The van der Waals surface area contributed by atoms with Crippen molar-refractivity contribution >= 4 is 5.91 Å². The standard InChI is InChI=1S/C9H14N2O/c1-2-8(5-6-10)11-7-3-4-9(11)12/h8H,2-5,7H2,1H3. The zero-order valence-corrected chi connectivity index (χ0v) is 7.42. The van der Waals surface area contributed by atoms with Gasteiger partial charge >= 0.3 is 0 Å². The summed E-state index contributed by atoms with van der Waals surface area (Å²) in [5.41, 5.74) is 0. The van der Waals surface area contributed by atoms with Gasteiger partial charge in [-0.15, -0.1) is 0 Å². The molecule has 0 aromatic carbocycles.